The zero-order valence-electron chi connectivity index (χ0n) is 9.49. The molecule has 7 heteroatoms. The van der Waals surface area contributed by atoms with Crippen molar-refractivity contribution < 1.29 is 0 Å². The molecule has 0 aliphatic heterocycles. The van der Waals surface area contributed by atoms with E-state index in [0.717, 1.165) is 17.3 Å². The summed E-state index contributed by atoms with van der Waals surface area (Å²) in [6, 6.07) is 5.68. The van der Waals surface area contributed by atoms with E-state index in [2.05, 4.69) is 15.3 Å². The number of nitrogens with two attached hydrogens (primary N) is 1. The number of nitrogens with zero attached hydrogens (tertiary/aromatic N) is 4. The van der Waals surface area contributed by atoms with Crippen molar-refractivity contribution in [2.24, 2.45) is 0 Å². The topological polar surface area (TPSA) is 86.2 Å². The first kappa shape index (κ1) is 10.8. The lowest BCUT2D eigenvalue weighted by Gasteiger charge is -2.01. The number of aryl methyl sites for hydroxylation is 1. The van der Waals surface area contributed by atoms with E-state index in [0.29, 0.717) is 15.7 Å². The lowest BCUT2D eigenvalue weighted by Crippen LogP contribution is -2.14. The van der Waals surface area contributed by atoms with Crippen LogP contribution < -0.4 is 11.3 Å². The molecule has 6 nitrogen and oxygen atoms in total. The number of hydrogen-bond acceptors (Lipinski definition) is 6. The van der Waals surface area contributed by atoms with E-state index in [9.17, 15) is 4.79 Å². The highest BCUT2D eigenvalue weighted by Crippen LogP contribution is 2.26. The molecule has 0 radical (unpaired) electrons. The van der Waals surface area contributed by atoms with Gasteiger partial charge in [-0.1, -0.05) is 23.5 Å². The van der Waals surface area contributed by atoms with Crippen LogP contribution in [-0.2, 0) is 0 Å². The highest BCUT2D eigenvalue weighted by Gasteiger charge is 2.09. The van der Waals surface area contributed by atoms with Crippen molar-refractivity contribution in [1.29, 1.82) is 0 Å². The van der Waals surface area contributed by atoms with Gasteiger partial charge < -0.3 is 5.73 Å². The minimum atomic E-state index is -0.289. The molecule has 3 rings (SSSR count). The highest BCUT2D eigenvalue weighted by atomic mass is 32.1. The summed E-state index contributed by atoms with van der Waals surface area (Å²) in [4.78, 5) is 12.0. The molecule has 0 saturated carbocycles. The molecule has 0 unspecified atom stereocenters. The zero-order chi connectivity index (χ0) is 12.7. The zero-order valence-corrected chi connectivity index (χ0v) is 10.3. The maximum absolute atomic E-state index is 11.5. The Bertz CT molecular complexity index is 791. The normalized spacial score (nSPS) is 10.9. The predicted molar refractivity (Wildman–Crippen MR) is 69.5 cm³/mol. The molecule has 0 saturated heterocycles. The van der Waals surface area contributed by atoms with Gasteiger partial charge in [-0.15, -0.1) is 5.10 Å². The van der Waals surface area contributed by atoms with E-state index in [4.69, 9.17) is 5.73 Å². The molecular formula is C11H9N5OS. The van der Waals surface area contributed by atoms with Crippen molar-refractivity contribution in [2.45, 2.75) is 6.92 Å². The van der Waals surface area contributed by atoms with Crippen LogP contribution >= 0.6 is 11.3 Å². The highest BCUT2D eigenvalue weighted by molar-refractivity contribution is 7.19. The van der Waals surface area contributed by atoms with Gasteiger partial charge in [-0.3, -0.25) is 4.79 Å². The molecule has 1 aromatic carbocycles. The second kappa shape index (κ2) is 3.88. The number of rotatable bonds is 1. The molecule has 18 heavy (non-hydrogen) atoms. The van der Waals surface area contributed by atoms with Crippen molar-refractivity contribution >= 4 is 22.0 Å². The van der Waals surface area contributed by atoms with Gasteiger partial charge in [-0.05, 0) is 18.6 Å². The third-order valence-corrected chi connectivity index (χ3v) is 3.55. The van der Waals surface area contributed by atoms with E-state index >= 15 is 0 Å². The summed E-state index contributed by atoms with van der Waals surface area (Å²) in [6.07, 6.45) is 1.14. The van der Waals surface area contributed by atoms with Crippen LogP contribution in [0.25, 0.3) is 15.5 Å². The summed E-state index contributed by atoms with van der Waals surface area (Å²) >= 11 is 1.30. The molecule has 2 heterocycles. The van der Waals surface area contributed by atoms with Gasteiger partial charge in [0.25, 0.3) is 5.56 Å². The Morgan fingerprint density at radius 3 is 2.94 bits per heavy atom. The number of hydrogen-bond donors (Lipinski definition) is 1. The van der Waals surface area contributed by atoms with Crippen LogP contribution in [0.3, 0.4) is 0 Å². The molecule has 0 aliphatic carbocycles. The van der Waals surface area contributed by atoms with Crippen LogP contribution in [-0.4, -0.2) is 19.8 Å². The van der Waals surface area contributed by atoms with Gasteiger partial charge in [0.1, 0.15) is 11.2 Å². The van der Waals surface area contributed by atoms with Crippen molar-refractivity contribution in [2.75, 3.05) is 5.73 Å². The molecule has 0 spiro atoms. The number of nitrogen functional groups attached to an aromatic ring is 1. The smallest absolute Gasteiger partial charge is 0.293 e. The maximum Gasteiger partial charge on any atom is 0.293 e. The second-order valence-corrected chi connectivity index (χ2v) is 4.81. The maximum atomic E-state index is 11.5. The SMILES string of the molecule is Cc1ccc(-c2nn3c(=O)cnnc3s2)cc1N. The van der Waals surface area contributed by atoms with Crippen LogP contribution in [0.1, 0.15) is 5.56 Å². The fourth-order valence-corrected chi connectivity index (χ4v) is 2.41. The quantitative estimate of drug-likeness (QED) is 0.661. The summed E-state index contributed by atoms with van der Waals surface area (Å²) < 4.78 is 1.24. The molecule has 0 aliphatic rings. The van der Waals surface area contributed by atoms with Gasteiger partial charge in [0.2, 0.25) is 4.96 Å². The first-order valence-corrected chi connectivity index (χ1v) is 6.05. The second-order valence-electron chi connectivity index (χ2n) is 3.86. The van der Waals surface area contributed by atoms with E-state index in [1.165, 1.54) is 15.9 Å². The molecule has 0 bridgehead atoms. The minimum absolute atomic E-state index is 0.289. The van der Waals surface area contributed by atoms with E-state index < -0.39 is 0 Å². The van der Waals surface area contributed by atoms with Gasteiger partial charge in [0.05, 0.1) is 0 Å². The summed E-state index contributed by atoms with van der Waals surface area (Å²) in [6.45, 7) is 1.94. The Hall–Kier alpha value is -2.28. The summed E-state index contributed by atoms with van der Waals surface area (Å²) in [5, 5.41) is 12.4. The van der Waals surface area contributed by atoms with Gasteiger partial charge in [-0.2, -0.15) is 14.7 Å². The van der Waals surface area contributed by atoms with E-state index in [-0.39, 0.29) is 5.56 Å². The fourth-order valence-electron chi connectivity index (χ4n) is 1.56. The van der Waals surface area contributed by atoms with Crippen molar-refractivity contribution in [3.8, 4) is 10.6 Å². The molecule has 2 aromatic heterocycles. The Balaban J connectivity index is 2.22. The standard InChI is InChI=1S/C11H9N5OS/c1-6-2-3-7(4-8(6)12)10-15-16-9(17)5-13-14-11(16)18-10/h2-5H,12H2,1H3. The van der Waals surface area contributed by atoms with Gasteiger partial charge in [-0.25, -0.2) is 0 Å². The Morgan fingerprint density at radius 2 is 2.22 bits per heavy atom. The largest absolute Gasteiger partial charge is 0.398 e. The van der Waals surface area contributed by atoms with Crippen molar-refractivity contribution in [1.82, 2.24) is 19.8 Å². The molecule has 2 N–H and O–H groups in total. The van der Waals surface area contributed by atoms with Crippen LogP contribution in [0.15, 0.2) is 29.2 Å². The first-order chi connectivity index (χ1) is 8.65. The van der Waals surface area contributed by atoms with Gasteiger partial charge in [0.15, 0.2) is 0 Å². The van der Waals surface area contributed by atoms with Crippen LogP contribution in [0.2, 0.25) is 0 Å². The Labute approximate surface area is 106 Å². The molecule has 0 atom stereocenters. The lowest BCUT2D eigenvalue weighted by atomic mass is 10.1. The Kier molecular flexibility index (Phi) is 2.34. The fraction of sp³-hybridized carbons (Fsp3) is 0.0909. The monoisotopic (exact) mass is 259 g/mol. The lowest BCUT2D eigenvalue weighted by molar-refractivity contribution is 0.856. The number of anilines is 1. The van der Waals surface area contributed by atoms with E-state index in [1.54, 1.807) is 0 Å². The summed E-state index contributed by atoms with van der Waals surface area (Å²) in [7, 11) is 0. The van der Waals surface area contributed by atoms with E-state index in [1.807, 2.05) is 25.1 Å². The molecular weight excluding hydrogens is 250 g/mol. The van der Waals surface area contributed by atoms with Gasteiger partial charge >= 0.3 is 0 Å². The third-order valence-electron chi connectivity index (χ3n) is 2.61. The molecule has 3 aromatic rings. The molecule has 0 amide bonds. The van der Waals surface area contributed by atoms with Crippen LogP contribution in [0, 0.1) is 6.92 Å². The van der Waals surface area contributed by atoms with Crippen LogP contribution in [0.4, 0.5) is 5.69 Å². The average Bonchev–Trinajstić information content (AvgIpc) is 2.78. The number of fused-ring (bicyclic) bond motifs is 1. The first-order valence-electron chi connectivity index (χ1n) is 5.23. The van der Waals surface area contributed by atoms with Crippen LogP contribution in [0.5, 0.6) is 0 Å². The predicted octanol–water partition coefficient (Wildman–Crippen LogP) is 1.10. The third kappa shape index (κ3) is 1.65. The number of benzene rings is 1. The average molecular weight is 259 g/mol. The molecule has 0 fully saturated rings. The van der Waals surface area contributed by atoms with Crippen molar-refractivity contribution in [3.05, 3.63) is 40.3 Å². The van der Waals surface area contributed by atoms with Gasteiger partial charge in [0, 0.05) is 11.3 Å². The summed E-state index contributed by atoms with van der Waals surface area (Å²) in [5.41, 5.74) is 8.15. The number of aromatic nitrogens is 4. The Morgan fingerprint density at radius 1 is 1.39 bits per heavy atom. The summed E-state index contributed by atoms with van der Waals surface area (Å²) in [5.74, 6) is 0. The van der Waals surface area contributed by atoms with Crippen molar-refractivity contribution in [3.63, 3.8) is 0 Å². The minimum Gasteiger partial charge on any atom is -0.398 e. The molecule has 90 valence electrons.